The Balaban J connectivity index is 1.65. The van der Waals surface area contributed by atoms with Crippen molar-refractivity contribution in [3.8, 4) is 5.69 Å². The Morgan fingerprint density at radius 1 is 1.00 bits per heavy atom. The highest BCUT2D eigenvalue weighted by molar-refractivity contribution is 7.92. The second-order valence-electron chi connectivity index (χ2n) is 9.51. The average Bonchev–Trinajstić information content (AvgIpc) is 3.36. The lowest BCUT2D eigenvalue weighted by atomic mass is 9.96. The third-order valence-corrected chi connectivity index (χ3v) is 7.91. The SMILES string of the molecule is Cc1cc(N2C(=S)N[C@H](c3ccccn3)[C@@H]2c2cc(C)n(-c3ccc(Cl)cc3)c2C)ccc1NS(C)(=O)=O. The van der Waals surface area contributed by atoms with E-state index in [9.17, 15) is 8.42 Å². The summed E-state index contributed by atoms with van der Waals surface area (Å²) in [4.78, 5) is 6.75. The van der Waals surface area contributed by atoms with Crippen LogP contribution in [0.5, 0.6) is 0 Å². The molecule has 5 rings (SSSR count). The molecule has 0 amide bonds. The van der Waals surface area contributed by atoms with Gasteiger partial charge in [0.15, 0.2) is 5.11 Å². The van der Waals surface area contributed by atoms with E-state index in [1.165, 1.54) is 0 Å². The zero-order chi connectivity index (χ0) is 27.2. The lowest BCUT2D eigenvalue weighted by Crippen LogP contribution is -2.29. The molecular weight excluding hydrogens is 538 g/mol. The highest BCUT2D eigenvalue weighted by Gasteiger charge is 2.42. The maximum atomic E-state index is 11.8. The zero-order valence-electron chi connectivity index (χ0n) is 21.4. The Morgan fingerprint density at radius 3 is 2.34 bits per heavy atom. The number of pyridine rings is 1. The number of aryl methyl sites for hydroxylation is 2. The molecule has 1 aliphatic heterocycles. The Morgan fingerprint density at radius 2 is 1.71 bits per heavy atom. The van der Waals surface area contributed by atoms with Gasteiger partial charge < -0.3 is 14.8 Å². The van der Waals surface area contributed by atoms with Crippen LogP contribution in [-0.2, 0) is 10.0 Å². The minimum atomic E-state index is -3.40. The average molecular weight is 566 g/mol. The van der Waals surface area contributed by atoms with Crippen molar-refractivity contribution in [3.05, 3.63) is 106 Å². The molecular formula is C28H28ClN5O2S2. The maximum Gasteiger partial charge on any atom is 0.229 e. The fourth-order valence-electron chi connectivity index (χ4n) is 5.14. The molecule has 7 nitrogen and oxygen atoms in total. The van der Waals surface area contributed by atoms with Gasteiger partial charge in [-0.15, -0.1) is 0 Å². The van der Waals surface area contributed by atoms with Crippen molar-refractivity contribution in [1.82, 2.24) is 14.9 Å². The Bertz CT molecular complexity index is 1620. The molecule has 38 heavy (non-hydrogen) atoms. The maximum absolute atomic E-state index is 11.8. The van der Waals surface area contributed by atoms with Crippen molar-refractivity contribution in [1.29, 1.82) is 0 Å². The van der Waals surface area contributed by atoms with Gasteiger partial charge in [0.1, 0.15) is 0 Å². The normalized spacial score (nSPS) is 17.5. The molecule has 2 atom stereocenters. The Hall–Kier alpha value is -3.40. The summed E-state index contributed by atoms with van der Waals surface area (Å²) in [7, 11) is -3.40. The van der Waals surface area contributed by atoms with Crippen LogP contribution in [0, 0.1) is 20.8 Å². The summed E-state index contributed by atoms with van der Waals surface area (Å²) in [6.45, 7) is 6.07. The predicted octanol–water partition coefficient (Wildman–Crippen LogP) is 6.00. The van der Waals surface area contributed by atoms with Crippen LogP contribution >= 0.6 is 23.8 Å². The summed E-state index contributed by atoms with van der Waals surface area (Å²) in [6.07, 6.45) is 2.93. The van der Waals surface area contributed by atoms with Gasteiger partial charge in [0.05, 0.1) is 29.7 Å². The van der Waals surface area contributed by atoms with Gasteiger partial charge in [-0.2, -0.15) is 0 Å². The van der Waals surface area contributed by atoms with Crippen molar-refractivity contribution >= 4 is 50.3 Å². The number of nitrogens with zero attached hydrogens (tertiary/aromatic N) is 3. The molecule has 196 valence electrons. The van der Waals surface area contributed by atoms with Crippen molar-refractivity contribution in [3.63, 3.8) is 0 Å². The highest BCUT2D eigenvalue weighted by Crippen LogP contribution is 2.44. The van der Waals surface area contributed by atoms with E-state index in [1.807, 2.05) is 61.5 Å². The zero-order valence-corrected chi connectivity index (χ0v) is 23.8. The molecule has 1 fully saturated rings. The van der Waals surface area contributed by atoms with Crippen LogP contribution in [0.1, 0.15) is 40.3 Å². The molecule has 2 N–H and O–H groups in total. The van der Waals surface area contributed by atoms with E-state index in [0.717, 1.165) is 45.8 Å². The minimum Gasteiger partial charge on any atom is -0.351 e. The van der Waals surface area contributed by atoms with Crippen LogP contribution in [0.15, 0.2) is 72.9 Å². The minimum absolute atomic E-state index is 0.197. The number of thiocarbonyl (C=S) groups is 1. The molecule has 0 unspecified atom stereocenters. The number of anilines is 2. The van der Waals surface area contributed by atoms with Gasteiger partial charge in [-0.25, -0.2) is 8.42 Å². The number of halogens is 1. The van der Waals surface area contributed by atoms with Crippen LogP contribution in [0.3, 0.4) is 0 Å². The number of nitrogens with one attached hydrogen (secondary N) is 2. The summed E-state index contributed by atoms with van der Waals surface area (Å²) in [5, 5.41) is 4.76. The molecule has 0 aliphatic carbocycles. The van der Waals surface area contributed by atoms with Gasteiger partial charge in [-0.05, 0) is 105 Å². The molecule has 10 heteroatoms. The quantitative estimate of drug-likeness (QED) is 0.279. The predicted molar refractivity (Wildman–Crippen MR) is 158 cm³/mol. The number of hydrogen-bond donors (Lipinski definition) is 2. The fourth-order valence-corrected chi connectivity index (χ4v) is 6.24. The molecule has 0 saturated carbocycles. The number of benzene rings is 2. The third kappa shape index (κ3) is 5.01. The molecule has 4 aromatic rings. The van der Waals surface area contributed by atoms with Gasteiger partial charge in [0.2, 0.25) is 10.0 Å². The number of sulfonamides is 1. The molecule has 1 aliphatic rings. The number of aromatic nitrogens is 2. The van der Waals surface area contributed by atoms with Crippen LogP contribution in [0.4, 0.5) is 11.4 Å². The van der Waals surface area contributed by atoms with E-state index in [1.54, 1.807) is 12.3 Å². The second-order valence-corrected chi connectivity index (χ2v) is 12.1. The first kappa shape index (κ1) is 26.2. The molecule has 3 heterocycles. The van der Waals surface area contributed by atoms with E-state index in [-0.39, 0.29) is 12.1 Å². The summed E-state index contributed by atoms with van der Waals surface area (Å²) >= 11 is 12.0. The van der Waals surface area contributed by atoms with Crippen LogP contribution < -0.4 is 14.9 Å². The van der Waals surface area contributed by atoms with E-state index in [2.05, 4.69) is 44.4 Å². The Labute approximate surface area is 233 Å². The van der Waals surface area contributed by atoms with Crippen molar-refractivity contribution < 1.29 is 8.42 Å². The largest absolute Gasteiger partial charge is 0.351 e. The van der Waals surface area contributed by atoms with Gasteiger partial charge in [-0.3, -0.25) is 9.71 Å². The molecule has 2 aromatic carbocycles. The first-order valence-electron chi connectivity index (χ1n) is 12.1. The molecule has 2 aromatic heterocycles. The lowest BCUT2D eigenvalue weighted by molar-refractivity contribution is 0.565. The molecule has 0 spiro atoms. The van der Waals surface area contributed by atoms with E-state index >= 15 is 0 Å². The van der Waals surface area contributed by atoms with E-state index in [0.29, 0.717) is 15.8 Å². The number of rotatable bonds is 6. The lowest BCUT2D eigenvalue weighted by Gasteiger charge is -2.29. The Kier molecular flexibility index (Phi) is 6.94. The summed E-state index contributed by atoms with van der Waals surface area (Å²) < 4.78 is 28.4. The number of hydrogen-bond acceptors (Lipinski definition) is 4. The molecule has 0 radical (unpaired) electrons. The van der Waals surface area contributed by atoms with Crippen molar-refractivity contribution in [2.45, 2.75) is 32.9 Å². The highest BCUT2D eigenvalue weighted by atomic mass is 35.5. The van der Waals surface area contributed by atoms with Crippen LogP contribution in [-0.4, -0.2) is 29.3 Å². The standard InChI is InChI=1S/C28H28ClN5O2S2/c1-17-15-22(12-13-24(17)32-38(4,35)36)34-27(26(31-28(34)37)25-7-5-6-14-30-25)23-16-18(2)33(19(23)3)21-10-8-20(29)9-11-21/h5-16,26-27,32H,1-4H3,(H,31,37)/t26-,27+/m1/s1. The topological polar surface area (TPSA) is 79.3 Å². The second kappa shape index (κ2) is 10.1. The first-order valence-corrected chi connectivity index (χ1v) is 14.7. The van der Waals surface area contributed by atoms with Gasteiger partial charge >= 0.3 is 0 Å². The van der Waals surface area contributed by atoms with Gasteiger partial charge in [-0.1, -0.05) is 17.7 Å². The van der Waals surface area contributed by atoms with Gasteiger partial charge in [0, 0.05) is 34.0 Å². The smallest absolute Gasteiger partial charge is 0.229 e. The summed E-state index contributed by atoms with van der Waals surface area (Å²) in [5.41, 5.74) is 7.37. The van der Waals surface area contributed by atoms with Crippen LogP contribution in [0.2, 0.25) is 5.02 Å². The summed E-state index contributed by atoms with van der Waals surface area (Å²) in [5.74, 6) is 0. The van der Waals surface area contributed by atoms with E-state index < -0.39 is 10.0 Å². The fraction of sp³-hybridized carbons (Fsp3) is 0.214. The van der Waals surface area contributed by atoms with Crippen LogP contribution in [0.25, 0.3) is 5.69 Å². The third-order valence-electron chi connectivity index (χ3n) is 6.76. The van der Waals surface area contributed by atoms with Crippen molar-refractivity contribution in [2.24, 2.45) is 0 Å². The monoisotopic (exact) mass is 565 g/mol. The molecule has 1 saturated heterocycles. The summed E-state index contributed by atoms with van der Waals surface area (Å²) in [6, 6.07) is 21.1. The molecule has 0 bridgehead atoms. The van der Waals surface area contributed by atoms with Crippen molar-refractivity contribution in [2.75, 3.05) is 15.9 Å². The van der Waals surface area contributed by atoms with Gasteiger partial charge in [0.25, 0.3) is 0 Å². The van der Waals surface area contributed by atoms with E-state index in [4.69, 9.17) is 23.8 Å². The first-order chi connectivity index (χ1) is 18.0.